The van der Waals surface area contributed by atoms with Crippen LogP contribution in [0.25, 0.3) is 0 Å². The molecule has 2 aliphatic rings. The Morgan fingerprint density at radius 2 is 1.00 bits per heavy atom. The van der Waals surface area contributed by atoms with Crippen LogP contribution in [0.2, 0.25) is 0 Å². The summed E-state index contributed by atoms with van der Waals surface area (Å²) in [6.45, 7) is 4.18. The average molecular weight is 268 g/mol. The van der Waals surface area contributed by atoms with Gasteiger partial charge in [0.2, 0.25) is 25.2 Å². The lowest BCUT2D eigenvalue weighted by atomic mass is 10.4. The fraction of sp³-hybridized carbons (Fsp3) is 1.00. The van der Waals surface area contributed by atoms with Gasteiger partial charge in [0.05, 0.1) is 25.4 Å². The first-order chi connectivity index (χ1) is 8.40. The molecule has 2 fully saturated rings. The van der Waals surface area contributed by atoms with E-state index in [0.29, 0.717) is 13.2 Å². The predicted molar refractivity (Wildman–Crippen MR) is 57.0 cm³/mol. The Morgan fingerprint density at radius 1 is 0.667 bits per heavy atom. The highest BCUT2D eigenvalue weighted by Gasteiger charge is 2.26. The summed E-state index contributed by atoms with van der Waals surface area (Å²) < 4.78 is 18.9. The van der Waals surface area contributed by atoms with Crippen molar-refractivity contribution in [2.45, 2.75) is 51.2 Å². The van der Waals surface area contributed by atoms with Crippen molar-refractivity contribution < 1.29 is 39.4 Å². The van der Waals surface area contributed by atoms with E-state index in [0.717, 1.165) is 0 Å². The van der Waals surface area contributed by atoms with Crippen molar-refractivity contribution in [2.75, 3.05) is 13.2 Å². The second kappa shape index (κ2) is 7.31. The Kier molecular flexibility index (Phi) is 6.39. The zero-order valence-electron chi connectivity index (χ0n) is 10.3. The van der Waals surface area contributed by atoms with Gasteiger partial charge >= 0.3 is 0 Å². The lowest BCUT2D eigenvalue weighted by Crippen LogP contribution is -2.42. The lowest BCUT2D eigenvalue weighted by molar-refractivity contribution is -0.311. The maximum atomic E-state index is 8.75. The molecule has 0 aromatic rings. The summed E-state index contributed by atoms with van der Waals surface area (Å²) in [6, 6.07) is 0. The highest BCUT2D eigenvalue weighted by Crippen LogP contribution is 2.10. The zero-order valence-corrected chi connectivity index (χ0v) is 10.3. The predicted octanol–water partition coefficient (Wildman–Crippen LogP) is -1.88. The third-order valence-corrected chi connectivity index (χ3v) is 2.23. The van der Waals surface area contributed by atoms with E-state index in [9.17, 15) is 0 Å². The van der Waals surface area contributed by atoms with Crippen LogP contribution in [-0.2, 0) is 18.9 Å². The van der Waals surface area contributed by atoms with E-state index in [4.69, 9.17) is 29.9 Å². The van der Waals surface area contributed by atoms with Gasteiger partial charge in [0.1, 0.15) is 0 Å². The van der Waals surface area contributed by atoms with Crippen LogP contribution < -0.4 is 0 Å². The molecule has 8 heteroatoms. The van der Waals surface area contributed by atoms with Gasteiger partial charge < -0.3 is 39.4 Å². The number of hydrogen-bond acceptors (Lipinski definition) is 8. The summed E-state index contributed by atoms with van der Waals surface area (Å²) in [6.07, 6.45) is -5.00. The van der Waals surface area contributed by atoms with Gasteiger partial charge in [0.25, 0.3) is 0 Å². The molecule has 0 aromatic heterocycles. The molecule has 0 saturated carbocycles. The number of ether oxygens (including phenoxy) is 4. The van der Waals surface area contributed by atoms with E-state index >= 15 is 0 Å². The van der Waals surface area contributed by atoms with Crippen LogP contribution in [0, 0.1) is 0 Å². The van der Waals surface area contributed by atoms with Gasteiger partial charge in [0.15, 0.2) is 0 Å². The third kappa shape index (κ3) is 5.12. The van der Waals surface area contributed by atoms with E-state index in [1.807, 2.05) is 0 Å². The van der Waals surface area contributed by atoms with Gasteiger partial charge in [-0.15, -0.1) is 0 Å². The van der Waals surface area contributed by atoms with Gasteiger partial charge in [-0.3, -0.25) is 0 Å². The van der Waals surface area contributed by atoms with Crippen LogP contribution in [-0.4, -0.2) is 71.0 Å². The standard InChI is InChI=1S/2C5H10O4/c2*1-3-2-8-4(6)5(7)9-3/h2*3-7H,2H2,1H3. The molecule has 2 aliphatic heterocycles. The maximum absolute atomic E-state index is 8.75. The molecule has 6 atom stereocenters. The fourth-order valence-corrected chi connectivity index (χ4v) is 1.32. The normalized spacial score (nSPS) is 45.0. The summed E-state index contributed by atoms with van der Waals surface area (Å²) >= 11 is 0. The Morgan fingerprint density at radius 3 is 1.22 bits per heavy atom. The summed E-state index contributed by atoms with van der Waals surface area (Å²) in [5, 5.41) is 34.9. The van der Waals surface area contributed by atoms with Crippen molar-refractivity contribution in [1.29, 1.82) is 0 Å². The first-order valence-electron chi connectivity index (χ1n) is 5.66. The highest BCUT2D eigenvalue weighted by atomic mass is 16.7. The fourth-order valence-electron chi connectivity index (χ4n) is 1.32. The van der Waals surface area contributed by atoms with Crippen molar-refractivity contribution in [3.8, 4) is 0 Å². The van der Waals surface area contributed by atoms with E-state index in [-0.39, 0.29) is 12.2 Å². The molecule has 0 aromatic carbocycles. The van der Waals surface area contributed by atoms with E-state index in [2.05, 4.69) is 9.47 Å². The number of aliphatic hydroxyl groups excluding tert-OH is 4. The first kappa shape index (κ1) is 15.7. The van der Waals surface area contributed by atoms with Crippen molar-refractivity contribution in [3.63, 3.8) is 0 Å². The molecule has 6 unspecified atom stereocenters. The SMILES string of the molecule is CC1COC(O)C(O)O1.CC1COC(O)C(O)O1. The third-order valence-electron chi connectivity index (χ3n) is 2.23. The topological polar surface area (TPSA) is 118 Å². The van der Waals surface area contributed by atoms with Crippen LogP contribution >= 0.6 is 0 Å². The van der Waals surface area contributed by atoms with Crippen LogP contribution in [0.5, 0.6) is 0 Å². The largest absolute Gasteiger partial charge is 0.364 e. The molecular weight excluding hydrogens is 248 g/mol. The second-order valence-electron chi connectivity index (χ2n) is 4.12. The van der Waals surface area contributed by atoms with Crippen LogP contribution in [0.4, 0.5) is 0 Å². The van der Waals surface area contributed by atoms with Crippen molar-refractivity contribution in [1.82, 2.24) is 0 Å². The minimum Gasteiger partial charge on any atom is -0.364 e. The summed E-state index contributed by atoms with van der Waals surface area (Å²) in [5.41, 5.74) is 0. The quantitative estimate of drug-likeness (QED) is 0.403. The molecule has 2 heterocycles. The monoisotopic (exact) mass is 268 g/mol. The Hall–Kier alpha value is -0.320. The van der Waals surface area contributed by atoms with Crippen LogP contribution in [0.1, 0.15) is 13.8 Å². The van der Waals surface area contributed by atoms with E-state index < -0.39 is 25.2 Å². The van der Waals surface area contributed by atoms with E-state index in [1.165, 1.54) is 0 Å². The molecule has 2 rings (SSSR count). The number of aliphatic hydroxyl groups is 4. The highest BCUT2D eigenvalue weighted by molar-refractivity contribution is 4.59. The maximum Gasteiger partial charge on any atom is 0.207 e. The molecule has 8 nitrogen and oxygen atoms in total. The molecule has 2 saturated heterocycles. The molecule has 0 radical (unpaired) electrons. The minimum absolute atomic E-state index is 0.136. The molecule has 0 aliphatic carbocycles. The average Bonchev–Trinajstić information content (AvgIpc) is 2.30. The van der Waals surface area contributed by atoms with Gasteiger partial charge in [0, 0.05) is 0 Å². The second-order valence-corrected chi connectivity index (χ2v) is 4.12. The Bertz CT molecular complexity index is 214. The lowest BCUT2D eigenvalue weighted by Gasteiger charge is -2.28. The molecule has 0 bridgehead atoms. The minimum atomic E-state index is -1.19. The summed E-state index contributed by atoms with van der Waals surface area (Å²) in [5.74, 6) is 0. The van der Waals surface area contributed by atoms with Crippen molar-refractivity contribution in [3.05, 3.63) is 0 Å². The van der Waals surface area contributed by atoms with Crippen molar-refractivity contribution >= 4 is 0 Å². The van der Waals surface area contributed by atoms with Crippen molar-refractivity contribution in [2.24, 2.45) is 0 Å². The molecule has 0 amide bonds. The molecule has 108 valence electrons. The van der Waals surface area contributed by atoms with Crippen LogP contribution in [0.3, 0.4) is 0 Å². The Labute approximate surface area is 105 Å². The van der Waals surface area contributed by atoms with Gasteiger partial charge in [-0.2, -0.15) is 0 Å². The number of rotatable bonds is 0. The molecule has 0 spiro atoms. The molecule has 4 N–H and O–H groups in total. The zero-order chi connectivity index (χ0) is 13.7. The first-order valence-corrected chi connectivity index (χ1v) is 5.66. The van der Waals surface area contributed by atoms with Gasteiger partial charge in [-0.05, 0) is 13.8 Å². The van der Waals surface area contributed by atoms with Gasteiger partial charge in [-0.1, -0.05) is 0 Å². The van der Waals surface area contributed by atoms with Crippen LogP contribution in [0.15, 0.2) is 0 Å². The smallest absolute Gasteiger partial charge is 0.207 e. The van der Waals surface area contributed by atoms with E-state index in [1.54, 1.807) is 13.8 Å². The molecule has 18 heavy (non-hydrogen) atoms. The van der Waals surface area contributed by atoms with Gasteiger partial charge in [-0.25, -0.2) is 0 Å². The summed E-state index contributed by atoms with van der Waals surface area (Å²) in [4.78, 5) is 0. The molecular formula is C10H20O8. The number of hydrogen-bond donors (Lipinski definition) is 4. The summed E-state index contributed by atoms with van der Waals surface area (Å²) in [7, 11) is 0. The Balaban J connectivity index is 0.000000180.